The number of carbonyl (C=O) groups excluding carboxylic acids is 1. The number of hydrogen-bond acceptors (Lipinski definition) is 6. The third-order valence-corrected chi connectivity index (χ3v) is 2.34. The smallest absolute Gasteiger partial charge is 0.508 e. The average Bonchev–Trinajstić information content (AvgIpc) is 2.76. The van der Waals surface area contributed by atoms with Crippen molar-refractivity contribution in [1.82, 2.24) is 10.6 Å². The standard InChI is InChI=1S/C9H18BN3O3/c11-4-1-3-10(15)16-9(14)7-13-8-2-5-12-6-8/h1,4,8,12-13,15H,2-3,5-7,11H2. The first-order valence-corrected chi connectivity index (χ1v) is 5.40. The summed E-state index contributed by atoms with van der Waals surface area (Å²) in [6.07, 6.45) is 4.06. The minimum atomic E-state index is -1.11. The molecule has 1 aliphatic heterocycles. The molecule has 1 heterocycles. The van der Waals surface area contributed by atoms with Crippen LogP contribution < -0.4 is 16.4 Å². The molecule has 1 fully saturated rings. The van der Waals surface area contributed by atoms with Crippen molar-refractivity contribution < 1.29 is 14.5 Å². The Labute approximate surface area is 95.4 Å². The predicted octanol–water partition coefficient (Wildman–Crippen LogP) is -1.57. The summed E-state index contributed by atoms with van der Waals surface area (Å²) in [4.78, 5) is 11.3. The molecule has 0 aliphatic carbocycles. The molecule has 0 aromatic carbocycles. The Kier molecular flexibility index (Phi) is 5.91. The molecule has 1 unspecified atom stereocenters. The van der Waals surface area contributed by atoms with Gasteiger partial charge in [0.2, 0.25) is 0 Å². The van der Waals surface area contributed by atoms with Gasteiger partial charge >= 0.3 is 13.1 Å². The fraction of sp³-hybridized carbons (Fsp3) is 0.667. The molecule has 1 atom stereocenters. The van der Waals surface area contributed by atoms with Crippen LogP contribution >= 0.6 is 0 Å². The molecule has 16 heavy (non-hydrogen) atoms. The van der Waals surface area contributed by atoms with E-state index in [9.17, 15) is 9.82 Å². The first kappa shape index (κ1) is 13.0. The van der Waals surface area contributed by atoms with E-state index in [1.54, 1.807) is 0 Å². The lowest BCUT2D eigenvalue weighted by atomic mass is 9.85. The minimum absolute atomic E-state index is 0.121. The summed E-state index contributed by atoms with van der Waals surface area (Å²) in [5, 5.41) is 15.5. The summed E-state index contributed by atoms with van der Waals surface area (Å²) in [5.74, 6) is -0.454. The van der Waals surface area contributed by atoms with Crippen LogP contribution in [0.2, 0.25) is 6.32 Å². The monoisotopic (exact) mass is 227 g/mol. The molecule has 1 rings (SSSR count). The van der Waals surface area contributed by atoms with Gasteiger partial charge in [-0.15, -0.1) is 0 Å². The maximum atomic E-state index is 11.3. The molecule has 0 aromatic rings. The topological polar surface area (TPSA) is 96.6 Å². The third-order valence-electron chi connectivity index (χ3n) is 2.34. The van der Waals surface area contributed by atoms with Crippen LogP contribution in [0, 0.1) is 0 Å². The lowest BCUT2D eigenvalue weighted by molar-refractivity contribution is -0.134. The van der Waals surface area contributed by atoms with Gasteiger partial charge in [0.1, 0.15) is 0 Å². The molecule has 6 nitrogen and oxygen atoms in total. The van der Waals surface area contributed by atoms with Crippen LogP contribution in [0.4, 0.5) is 0 Å². The highest BCUT2D eigenvalue weighted by Gasteiger charge is 2.19. The van der Waals surface area contributed by atoms with Crippen molar-refractivity contribution in [2.24, 2.45) is 5.73 Å². The Bertz CT molecular complexity index is 244. The van der Waals surface area contributed by atoms with E-state index in [0.717, 1.165) is 19.5 Å². The van der Waals surface area contributed by atoms with E-state index in [0.29, 0.717) is 6.04 Å². The number of rotatable bonds is 6. The largest absolute Gasteiger partial charge is 0.528 e. The highest BCUT2D eigenvalue weighted by molar-refractivity contribution is 6.45. The molecule has 1 aliphatic rings. The van der Waals surface area contributed by atoms with Crippen molar-refractivity contribution in [3.8, 4) is 0 Å². The van der Waals surface area contributed by atoms with Crippen molar-refractivity contribution in [2.45, 2.75) is 18.8 Å². The van der Waals surface area contributed by atoms with Gasteiger partial charge in [-0.25, -0.2) is 0 Å². The van der Waals surface area contributed by atoms with Gasteiger partial charge in [0.25, 0.3) is 0 Å². The number of carbonyl (C=O) groups is 1. The van der Waals surface area contributed by atoms with E-state index in [-0.39, 0.29) is 12.9 Å². The van der Waals surface area contributed by atoms with Crippen LogP contribution in [0.1, 0.15) is 6.42 Å². The zero-order valence-corrected chi connectivity index (χ0v) is 9.19. The fourth-order valence-electron chi connectivity index (χ4n) is 1.49. The molecule has 5 N–H and O–H groups in total. The summed E-state index contributed by atoms with van der Waals surface area (Å²) in [5.41, 5.74) is 5.10. The highest BCUT2D eigenvalue weighted by atomic mass is 16.6. The quantitative estimate of drug-likeness (QED) is 0.409. The van der Waals surface area contributed by atoms with E-state index in [1.165, 1.54) is 12.3 Å². The SMILES string of the molecule is NC=CCB(O)OC(=O)CNC1CCNC1. The van der Waals surface area contributed by atoms with Crippen molar-refractivity contribution >= 4 is 13.1 Å². The number of nitrogens with one attached hydrogen (secondary N) is 2. The first-order chi connectivity index (χ1) is 7.72. The summed E-state index contributed by atoms with van der Waals surface area (Å²) < 4.78 is 4.74. The van der Waals surface area contributed by atoms with Crippen molar-refractivity contribution in [2.75, 3.05) is 19.6 Å². The van der Waals surface area contributed by atoms with Crippen LogP contribution in [-0.2, 0) is 9.45 Å². The molecule has 0 aromatic heterocycles. The highest BCUT2D eigenvalue weighted by Crippen LogP contribution is 1.97. The Balaban J connectivity index is 2.09. The average molecular weight is 227 g/mol. The Hall–Kier alpha value is -1.05. The minimum Gasteiger partial charge on any atom is -0.508 e. The first-order valence-electron chi connectivity index (χ1n) is 5.40. The van der Waals surface area contributed by atoms with E-state index < -0.39 is 13.1 Å². The van der Waals surface area contributed by atoms with Gasteiger partial charge in [-0.1, -0.05) is 6.08 Å². The summed E-state index contributed by atoms with van der Waals surface area (Å²) in [7, 11) is -1.11. The van der Waals surface area contributed by atoms with Crippen molar-refractivity contribution in [3.63, 3.8) is 0 Å². The molecule has 0 saturated carbocycles. The fourth-order valence-corrected chi connectivity index (χ4v) is 1.49. The molecule has 0 amide bonds. The Morgan fingerprint density at radius 3 is 3.19 bits per heavy atom. The van der Waals surface area contributed by atoms with E-state index in [2.05, 4.69) is 10.6 Å². The number of allylic oxidation sites excluding steroid dienone is 1. The third kappa shape index (κ3) is 5.15. The summed E-state index contributed by atoms with van der Waals surface area (Å²) in [6.45, 7) is 1.96. The number of hydrogen-bond donors (Lipinski definition) is 4. The maximum Gasteiger partial charge on any atom is 0.528 e. The molecule has 90 valence electrons. The predicted molar refractivity (Wildman–Crippen MR) is 61.5 cm³/mol. The van der Waals surface area contributed by atoms with E-state index in [4.69, 9.17) is 10.4 Å². The maximum absolute atomic E-state index is 11.3. The zero-order valence-electron chi connectivity index (χ0n) is 9.19. The van der Waals surface area contributed by atoms with Crippen LogP contribution in [0.5, 0.6) is 0 Å². The lowest BCUT2D eigenvalue weighted by Crippen LogP contribution is -2.37. The van der Waals surface area contributed by atoms with Gasteiger partial charge in [0.05, 0.1) is 6.54 Å². The normalized spacial score (nSPS) is 20.2. The molecule has 0 bridgehead atoms. The van der Waals surface area contributed by atoms with Gasteiger partial charge in [0, 0.05) is 18.9 Å². The van der Waals surface area contributed by atoms with Crippen LogP contribution in [0.15, 0.2) is 12.3 Å². The molecular formula is C9H18BN3O3. The summed E-state index contributed by atoms with van der Waals surface area (Å²) >= 11 is 0. The molecule has 0 spiro atoms. The second-order valence-corrected chi connectivity index (χ2v) is 3.68. The Morgan fingerprint density at radius 2 is 2.56 bits per heavy atom. The van der Waals surface area contributed by atoms with Gasteiger partial charge < -0.3 is 26.0 Å². The summed E-state index contributed by atoms with van der Waals surface area (Å²) in [6, 6.07) is 0.314. The van der Waals surface area contributed by atoms with Crippen LogP contribution in [0.25, 0.3) is 0 Å². The number of nitrogens with two attached hydrogens (primary N) is 1. The second-order valence-electron chi connectivity index (χ2n) is 3.68. The molecule has 7 heteroatoms. The molecule has 0 radical (unpaired) electrons. The van der Waals surface area contributed by atoms with E-state index >= 15 is 0 Å². The van der Waals surface area contributed by atoms with Gasteiger partial charge in [0.15, 0.2) is 0 Å². The zero-order chi connectivity index (χ0) is 11.8. The van der Waals surface area contributed by atoms with Crippen LogP contribution in [-0.4, -0.2) is 43.8 Å². The molecule has 1 saturated heterocycles. The second kappa shape index (κ2) is 7.26. The molecular weight excluding hydrogens is 209 g/mol. The van der Waals surface area contributed by atoms with Gasteiger partial charge in [-0.3, -0.25) is 4.79 Å². The van der Waals surface area contributed by atoms with Crippen molar-refractivity contribution in [1.29, 1.82) is 0 Å². The van der Waals surface area contributed by atoms with E-state index in [1.807, 2.05) is 0 Å². The van der Waals surface area contributed by atoms with Gasteiger partial charge in [-0.05, 0) is 19.2 Å². The lowest BCUT2D eigenvalue weighted by Gasteiger charge is -2.11. The van der Waals surface area contributed by atoms with Crippen molar-refractivity contribution in [3.05, 3.63) is 12.3 Å². The Morgan fingerprint density at radius 1 is 1.75 bits per heavy atom. The van der Waals surface area contributed by atoms with Gasteiger partial charge in [-0.2, -0.15) is 0 Å². The van der Waals surface area contributed by atoms with Crippen LogP contribution in [0.3, 0.4) is 0 Å².